The van der Waals surface area contributed by atoms with Crippen LogP contribution in [0, 0.1) is 17.3 Å². The predicted molar refractivity (Wildman–Crippen MR) is 67.8 cm³/mol. The second kappa shape index (κ2) is 4.97. The lowest BCUT2D eigenvalue weighted by Crippen LogP contribution is -2.47. The first-order chi connectivity index (χ1) is 7.67. The van der Waals surface area contributed by atoms with Gasteiger partial charge >= 0.3 is 5.97 Å². The SMILES string of the molecule is CC(CCC1C(C)(C)CCCC1(C)O)C(=O)O. The Labute approximate surface area is 104 Å². The van der Waals surface area contributed by atoms with Gasteiger partial charge in [-0.1, -0.05) is 27.2 Å². The molecular formula is C14H26O3. The van der Waals surface area contributed by atoms with Crippen LogP contribution in [0.5, 0.6) is 0 Å². The van der Waals surface area contributed by atoms with E-state index in [1.807, 2.05) is 6.92 Å². The second-order valence-electron chi connectivity index (χ2n) is 6.57. The smallest absolute Gasteiger partial charge is 0.306 e. The first kappa shape index (κ1) is 14.5. The molecule has 0 aromatic heterocycles. The van der Waals surface area contributed by atoms with Gasteiger partial charge in [0.05, 0.1) is 11.5 Å². The molecule has 0 spiro atoms. The molecule has 17 heavy (non-hydrogen) atoms. The van der Waals surface area contributed by atoms with Crippen molar-refractivity contribution < 1.29 is 15.0 Å². The maximum Gasteiger partial charge on any atom is 0.306 e. The van der Waals surface area contributed by atoms with Crippen LogP contribution in [0.2, 0.25) is 0 Å². The zero-order valence-electron chi connectivity index (χ0n) is 11.5. The van der Waals surface area contributed by atoms with Gasteiger partial charge in [0.25, 0.3) is 0 Å². The summed E-state index contributed by atoms with van der Waals surface area (Å²) in [5, 5.41) is 19.4. The first-order valence-electron chi connectivity index (χ1n) is 6.62. The van der Waals surface area contributed by atoms with E-state index in [0.29, 0.717) is 6.42 Å². The molecule has 0 radical (unpaired) electrons. The Morgan fingerprint density at radius 1 is 1.35 bits per heavy atom. The van der Waals surface area contributed by atoms with E-state index in [9.17, 15) is 9.90 Å². The number of carboxylic acid groups (broad SMARTS) is 1. The molecule has 0 aromatic carbocycles. The first-order valence-corrected chi connectivity index (χ1v) is 6.62. The molecule has 3 heteroatoms. The molecule has 3 atom stereocenters. The van der Waals surface area contributed by atoms with Gasteiger partial charge < -0.3 is 10.2 Å². The van der Waals surface area contributed by atoms with E-state index < -0.39 is 11.6 Å². The quantitative estimate of drug-likeness (QED) is 0.796. The number of hydrogen-bond donors (Lipinski definition) is 2. The number of carbonyl (C=O) groups is 1. The van der Waals surface area contributed by atoms with Crippen LogP contribution in [0.4, 0.5) is 0 Å². The molecule has 3 unspecified atom stereocenters. The third kappa shape index (κ3) is 3.44. The summed E-state index contributed by atoms with van der Waals surface area (Å²) >= 11 is 0. The van der Waals surface area contributed by atoms with Crippen molar-refractivity contribution in [2.45, 2.75) is 65.4 Å². The number of hydrogen-bond acceptors (Lipinski definition) is 2. The summed E-state index contributed by atoms with van der Waals surface area (Å²) in [7, 11) is 0. The molecule has 100 valence electrons. The van der Waals surface area contributed by atoms with Crippen molar-refractivity contribution in [1.82, 2.24) is 0 Å². The third-order valence-corrected chi connectivity index (χ3v) is 4.51. The van der Waals surface area contributed by atoms with Crippen LogP contribution >= 0.6 is 0 Å². The van der Waals surface area contributed by atoms with Crippen LogP contribution in [-0.2, 0) is 4.79 Å². The van der Waals surface area contributed by atoms with E-state index in [-0.39, 0.29) is 17.3 Å². The number of aliphatic hydroxyl groups is 1. The van der Waals surface area contributed by atoms with Gasteiger partial charge in [-0.2, -0.15) is 0 Å². The van der Waals surface area contributed by atoms with Gasteiger partial charge in [0.15, 0.2) is 0 Å². The van der Waals surface area contributed by atoms with Gasteiger partial charge in [-0.3, -0.25) is 4.79 Å². The van der Waals surface area contributed by atoms with Crippen LogP contribution in [0.25, 0.3) is 0 Å². The lowest BCUT2D eigenvalue weighted by atomic mass is 9.60. The molecule has 3 nitrogen and oxygen atoms in total. The molecule has 0 aromatic rings. The predicted octanol–water partition coefficient (Wildman–Crippen LogP) is 3.06. The molecule has 1 rings (SSSR count). The fraction of sp³-hybridized carbons (Fsp3) is 0.929. The van der Waals surface area contributed by atoms with E-state index in [2.05, 4.69) is 13.8 Å². The zero-order valence-corrected chi connectivity index (χ0v) is 11.5. The molecule has 1 aliphatic rings. The average molecular weight is 242 g/mol. The highest BCUT2D eigenvalue weighted by Crippen LogP contribution is 2.48. The summed E-state index contributed by atoms with van der Waals surface area (Å²) in [6.45, 7) is 8.03. The van der Waals surface area contributed by atoms with Gasteiger partial charge in [-0.25, -0.2) is 0 Å². The van der Waals surface area contributed by atoms with Gasteiger partial charge in [-0.15, -0.1) is 0 Å². The second-order valence-corrected chi connectivity index (χ2v) is 6.57. The summed E-state index contributed by atoms with van der Waals surface area (Å²) in [4.78, 5) is 10.8. The molecule has 0 aliphatic heterocycles. The molecule has 0 bridgehead atoms. The van der Waals surface area contributed by atoms with E-state index in [4.69, 9.17) is 5.11 Å². The Kier molecular flexibility index (Phi) is 4.23. The Bertz CT molecular complexity index is 265. The number of rotatable bonds is 4. The zero-order chi connectivity index (χ0) is 13.3. The van der Waals surface area contributed by atoms with E-state index in [0.717, 1.165) is 25.7 Å². The highest BCUT2D eigenvalue weighted by Gasteiger charge is 2.45. The van der Waals surface area contributed by atoms with Gasteiger partial charge in [0.2, 0.25) is 0 Å². The molecule has 0 amide bonds. The number of carboxylic acids is 1. The molecule has 1 fully saturated rings. The van der Waals surface area contributed by atoms with Crippen molar-refractivity contribution in [2.75, 3.05) is 0 Å². The minimum Gasteiger partial charge on any atom is -0.481 e. The summed E-state index contributed by atoms with van der Waals surface area (Å²) in [6, 6.07) is 0. The highest BCUT2D eigenvalue weighted by atomic mass is 16.4. The van der Waals surface area contributed by atoms with Crippen molar-refractivity contribution >= 4 is 5.97 Å². The van der Waals surface area contributed by atoms with Gasteiger partial charge in [0.1, 0.15) is 0 Å². The molecular weight excluding hydrogens is 216 g/mol. The van der Waals surface area contributed by atoms with Gasteiger partial charge in [0, 0.05) is 0 Å². The van der Waals surface area contributed by atoms with E-state index >= 15 is 0 Å². The van der Waals surface area contributed by atoms with Crippen LogP contribution in [0.1, 0.15) is 59.8 Å². The van der Waals surface area contributed by atoms with Crippen LogP contribution in [0.3, 0.4) is 0 Å². The van der Waals surface area contributed by atoms with Crippen LogP contribution in [-0.4, -0.2) is 21.8 Å². The van der Waals surface area contributed by atoms with Crippen molar-refractivity contribution in [3.63, 3.8) is 0 Å². The molecule has 0 saturated heterocycles. The van der Waals surface area contributed by atoms with Crippen molar-refractivity contribution in [3.8, 4) is 0 Å². The molecule has 0 heterocycles. The highest BCUT2D eigenvalue weighted by molar-refractivity contribution is 5.69. The fourth-order valence-corrected chi connectivity index (χ4v) is 3.33. The lowest BCUT2D eigenvalue weighted by molar-refractivity contribution is -0.142. The Morgan fingerprint density at radius 2 is 1.94 bits per heavy atom. The van der Waals surface area contributed by atoms with Crippen molar-refractivity contribution in [3.05, 3.63) is 0 Å². The minimum absolute atomic E-state index is 0.111. The monoisotopic (exact) mass is 242 g/mol. The minimum atomic E-state index is -0.738. The normalized spacial score (nSPS) is 34.3. The van der Waals surface area contributed by atoms with Crippen molar-refractivity contribution in [2.24, 2.45) is 17.3 Å². The third-order valence-electron chi connectivity index (χ3n) is 4.51. The summed E-state index contributed by atoms with van der Waals surface area (Å²) in [6.07, 6.45) is 4.47. The molecule has 1 aliphatic carbocycles. The van der Waals surface area contributed by atoms with Crippen molar-refractivity contribution in [1.29, 1.82) is 0 Å². The Hall–Kier alpha value is -0.570. The topological polar surface area (TPSA) is 57.5 Å². The Morgan fingerprint density at radius 3 is 2.41 bits per heavy atom. The Balaban J connectivity index is 2.67. The summed E-state index contributed by atoms with van der Waals surface area (Å²) < 4.78 is 0. The molecule has 1 saturated carbocycles. The maximum absolute atomic E-state index is 10.8. The van der Waals surface area contributed by atoms with E-state index in [1.165, 1.54) is 0 Å². The summed E-state index contributed by atoms with van der Waals surface area (Å²) in [5.41, 5.74) is -0.528. The number of aliphatic carboxylic acids is 1. The molecule has 2 N–H and O–H groups in total. The van der Waals surface area contributed by atoms with Crippen LogP contribution < -0.4 is 0 Å². The fourth-order valence-electron chi connectivity index (χ4n) is 3.33. The van der Waals surface area contributed by atoms with Gasteiger partial charge in [-0.05, 0) is 43.9 Å². The largest absolute Gasteiger partial charge is 0.481 e. The summed E-state index contributed by atoms with van der Waals surface area (Å²) in [5.74, 6) is -0.854. The lowest BCUT2D eigenvalue weighted by Gasteiger charge is -2.48. The maximum atomic E-state index is 10.8. The standard InChI is InChI=1S/C14H26O3/c1-10(12(15)16)6-7-11-13(2,3)8-5-9-14(11,4)17/h10-11,17H,5-9H2,1-4H3,(H,15,16). The van der Waals surface area contributed by atoms with E-state index in [1.54, 1.807) is 6.92 Å². The average Bonchev–Trinajstić information content (AvgIpc) is 2.14. The van der Waals surface area contributed by atoms with Crippen LogP contribution in [0.15, 0.2) is 0 Å².